The highest BCUT2D eigenvalue weighted by Gasteiger charge is 2.09. The van der Waals surface area contributed by atoms with Gasteiger partial charge in [0.25, 0.3) is 0 Å². The van der Waals surface area contributed by atoms with Gasteiger partial charge in [-0.15, -0.1) is 0 Å². The van der Waals surface area contributed by atoms with Gasteiger partial charge in [0.2, 0.25) is 0 Å². The standard InChI is InChI=1S/C9H9FO2/c1-2-6-7(5-11)9(12)4-3-8(6)10/h3-5,12H,2H2,1H3. The van der Waals surface area contributed by atoms with Gasteiger partial charge in [-0.05, 0) is 18.6 Å². The third-order valence-corrected chi connectivity index (χ3v) is 1.75. The smallest absolute Gasteiger partial charge is 0.154 e. The quantitative estimate of drug-likeness (QED) is 0.685. The highest BCUT2D eigenvalue weighted by Crippen LogP contribution is 2.22. The molecule has 0 radical (unpaired) electrons. The largest absolute Gasteiger partial charge is 0.507 e. The molecular formula is C9H9FO2. The third-order valence-electron chi connectivity index (χ3n) is 1.75. The number of rotatable bonds is 2. The van der Waals surface area contributed by atoms with Crippen LogP contribution in [0.4, 0.5) is 4.39 Å². The summed E-state index contributed by atoms with van der Waals surface area (Å²) in [6.45, 7) is 1.73. The van der Waals surface area contributed by atoms with Gasteiger partial charge >= 0.3 is 0 Å². The van der Waals surface area contributed by atoms with Crippen LogP contribution in [0.1, 0.15) is 22.8 Å². The number of carbonyl (C=O) groups excluding carboxylic acids is 1. The molecule has 0 atom stereocenters. The number of hydrogen-bond donors (Lipinski definition) is 1. The number of aromatic hydroxyl groups is 1. The number of phenols is 1. The van der Waals surface area contributed by atoms with E-state index in [9.17, 15) is 9.18 Å². The molecule has 0 aliphatic rings. The molecule has 0 saturated carbocycles. The molecule has 0 aliphatic carbocycles. The van der Waals surface area contributed by atoms with E-state index in [2.05, 4.69) is 0 Å². The van der Waals surface area contributed by atoms with Crippen LogP contribution < -0.4 is 0 Å². The second-order valence-electron chi connectivity index (χ2n) is 2.43. The second kappa shape index (κ2) is 3.34. The Morgan fingerprint density at radius 2 is 2.25 bits per heavy atom. The Bertz CT molecular complexity index is 308. The Morgan fingerprint density at radius 1 is 1.58 bits per heavy atom. The summed E-state index contributed by atoms with van der Waals surface area (Å²) in [5, 5.41) is 9.15. The van der Waals surface area contributed by atoms with Gasteiger partial charge < -0.3 is 5.11 Å². The molecule has 0 aromatic heterocycles. The maximum atomic E-state index is 12.9. The minimum absolute atomic E-state index is 0.0532. The van der Waals surface area contributed by atoms with Gasteiger partial charge in [-0.3, -0.25) is 4.79 Å². The molecule has 1 rings (SSSR count). The van der Waals surface area contributed by atoms with Crippen LogP contribution in [0.15, 0.2) is 12.1 Å². The number of hydrogen-bond acceptors (Lipinski definition) is 2. The van der Waals surface area contributed by atoms with E-state index < -0.39 is 5.82 Å². The Kier molecular flexibility index (Phi) is 2.43. The normalized spacial score (nSPS) is 9.83. The molecule has 2 nitrogen and oxygen atoms in total. The minimum Gasteiger partial charge on any atom is -0.507 e. The van der Waals surface area contributed by atoms with E-state index in [4.69, 9.17) is 5.11 Å². The zero-order chi connectivity index (χ0) is 9.14. The van der Waals surface area contributed by atoms with Crippen molar-refractivity contribution in [3.63, 3.8) is 0 Å². The zero-order valence-electron chi connectivity index (χ0n) is 6.67. The second-order valence-corrected chi connectivity index (χ2v) is 2.43. The van der Waals surface area contributed by atoms with E-state index in [1.54, 1.807) is 6.92 Å². The fraction of sp³-hybridized carbons (Fsp3) is 0.222. The fourth-order valence-electron chi connectivity index (χ4n) is 1.12. The fourth-order valence-corrected chi connectivity index (χ4v) is 1.12. The Balaban J connectivity index is 3.38. The summed E-state index contributed by atoms with van der Waals surface area (Å²) in [4.78, 5) is 10.4. The van der Waals surface area contributed by atoms with Crippen LogP contribution in [0.3, 0.4) is 0 Å². The monoisotopic (exact) mass is 168 g/mol. The molecular weight excluding hydrogens is 159 g/mol. The summed E-state index contributed by atoms with van der Waals surface area (Å²) < 4.78 is 12.9. The van der Waals surface area contributed by atoms with Crippen LogP contribution in [0.5, 0.6) is 5.75 Å². The first-order chi connectivity index (χ1) is 5.70. The van der Waals surface area contributed by atoms with Crippen molar-refractivity contribution in [1.82, 2.24) is 0 Å². The van der Waals surface area contributed by atoms with Crippen molar-refractivity contribution in [2.75, 3.05) is 0 Å². The van der Waals surface area contributed by atoms with Crippen LogP contribution >= 0.6 is 0 Å². The predicted octanol–water partition coefficient (Wildman–Crippen LogP) is 1.91. The number of carbonyl (C=O) groups is 1. The number of phenolic OH excluding ortho intramolecular Hbond substituents is 1. The lowest BCUT2D eigenvalue weighted by molar-refractivity contribution is 0.111. The van der Waals surface area contributed by atoms with E-state index >= 15 is 0 Å². The van der Waals surface area contributed by atoms with Gasteiger partial charge in [-0.2, -0.15) is 0 Å². The average Bonchev–Trinajstić information content (AvgIpc) is 2.08. The van der Waals surface area contributed by atoms with Gasteiger partial charge in [0.05, 0.1) is 5.56 Å². The molecule has 12 heavy (non-hydrogen) atoms. The lowest BCUT2D eigenvalue weighted by Gasteiger charge is -2.04. The SMILES string of the molecule is CCc1c(F)ccc(O)c1C=O. The topological polar surface area (TPSA) is 37.3 Å². The zero-order valence-corrected chi connectivity index (χ0v) is 6.67. The van der Waals surface area contributed by atoms with Crippen molar-refractivity contribution in [2.24, 2.45) is 0 Å². The molecule has 0 saturated heterocycles. The van der Waals surface area contributed by atoms with Gasteiger partial charge in [0.15, 0.2) is 6.29 Å². The summed E-state index contributed by atoms with van der Waals surface area (Å²) in [5.41, 5.74) is 0.322. The van der Waals surface area contributed by atoms with Crippen molar-refractivity contribution in [1.29, 1.82) is 0 Å². The molecule has 0 bridgehead atoms. The average molecular weight is 168 g/mol. The van der Waals surface area contributed by atoms with Crippen molar-refractivity contribution in [2.45, 2.75) is 13.3 Å². The molecule has 0 aliphatic heterocycles. The van der Waals surface area contributed by atoms with E-state index in [1.165, 1.54) is 6.07 Å². The van der Waals surface area contributed by atoms with Crippen molar-refractivity contribution >= 4 is 6.29 Å². The maximum Gasteiger partial charge on any atom is 0.154 e. The van der Waals surface area contributed by atoms with Crippen molar-refractivity contribution < 1.29 is 14.3 Å². The van der Waals surface area contributed by atoms with E-state index in [0.29, 0.717) is 12.7 Å². The van der Waals surface area contributed by atoms with E-state index in [1.807, 2.05) is 0 Å². The van der Waals surface area contributed by atoms with Crippen LogP contribution in [-0.4, -0.2) is 11.4 Å². The predicted molar refractivity (Wildman–Crippen MR) is 42.8 cm³/mol. The molecule has 0 heterocycles. The first-order valence-electron chi connectivity index (χ1n) is 3.66. The van der Waals surface area contributed by atoms with Crippen LogP contribution in [0.25, 0.3) is 0 Å². The molecule has 0 unspecified atom stereocenters. The molecule has 0 amide bonds. The molecule has 1 aromatic carbocycles. The van der Waals surface area contributed by atoms with Gasteiger partial charge in [0.1, 0.15) is 11.6 Å². The molecule has 3 heteroatoms. The Labute approximate surface area is 69.6 Å². The summed E-state index contributed by atoms with van der Waals surface area (Å²) in [5.74, 6) is -0.611. The van der Waals surface area contributed by atoms with Crippen LogP contribution in [0.2, 0.25) is 0 Å². The van der Waals surface area contributed by atoms with Gasteiger partial charge in [0, 0.05) is 5.56 Å². The maximum absolute atomic E-state index is 12.9. The van der Waals surface area contributed by atoms with Gasteiger partial charge in [-0.25, -0.2) is 4.39 Å². The molecule has 0 spiro atoms. The molecule has 1 N–H and O–H groups in total. The Hall–Kier alpha value is -1.38. The Morgan fingerprint density at radius 3 is 2.67 bits per heavy atom. The van der Waals surface area contributed by atoms with Crippen LogP contribution in [-0.2, 0) is 6.42 Å². The molecule has 1 aromatic rings. The highest BCUT2D eigenvalue weighted by atomic mass is 19.1. The van der Waals surface area contributed by atoms with E-state index in [0.717, 1.165) is 6.07 Å². The van der Waals surface area contributed by atoms with Gasteiger partial charge in [-0.1, -0.05) is 6.92 Å². The summed E-state index contributed by atoms with van der Waals surface area (Å²) >= 11 is 0. The van der Waals surface area contributed by atoms with Crippen molar-refractivity contribution in [3.8, 4) is 5.75 Å². The number of benzene rings is 1. The summed E-state index contributed by atoms with van der Waals surface area (Å²) in [6.07, 6.45) is 0.867. The first kappa shape index (κ1) is 8.71. The lowest BCUT2D eigenvalue weighted by atomic mass is 10.0. The molecule has 64 valence electrons. The van der Waals surface area contributed by atoms with E-state index in [-0.39, 0.29) is 16.9 Å². The number of halogens is 1. The lowest BCUT2D eigenvalue weighted by Crippen LogP contribution is -1.95. The summed E-state index contributed by atoms with van der Waals surface area (Å²) in [6, 6.07) is 2.33. The summed E-state index contributed by atoms with van der Waals surface area (Å²) in [7, 11) is 0. The minimum atomic E-state index is -0.447. The highest BCUT2D eigenvalue weighted by molar-refractivity contribution is 5.81. The van der Waals surface area contributed by atoms with Crippen molar-refractivity contribution in [3.05, 3.63) is 29.1 Å². The van der Waals surface area contributed by atoms with Crippen LogP contribution in [0, 0.1) is 5.82 Å². The number of aldehydes is 1. The molecule has 0 fully saturated rings. The third kappa shape index (κ3) is 1.30. The first-order valence-corrected chi connectivity index (χ1v) is 3.66.